The first-order valence-electron chi connectivity index (χ1n) is 12.9. The zero-order chi connectivity index (χ0) is 22.6. The molecule has 1 saturated heterocycles. The molecule has 0 bridgehead atoms. The minimum atomic E-state index is -1.30. The van der Waals surface area contributed by atoms with Crippen molar-refractivity contribution in [1.82, 2.24) is 0 Å². The maximum absolute atomic E-state index is 14.6. The van der Waals surface area contributed by atoms with Crippen LogP contribution >= 0.6 is 0 Å². The third kappa shape index (κ3) is 5.64. The van der Waals surface area contributed by atoms with E-state index in [1.54, 1.807) is 12.1 Å². The molecule has 3 nitrogen and oxygen atoms in total. The van der Waals surface area contributed by atoms with Gasteiger partial charge in [0.05, 0.1) is 19.8 Å². The molecule has 1 aromatic rings. The highest BCUT2D eigenvalue weighted by Crippen LogP contribution is 2.45. The minimum absolute atomic E-state index is 0.182. The van der Waals surface area contributed by atoms with E-state index < -0.39 is 5.67 Å². The summed E-state index contributed by atoms with van der Waals surface area (Å²) in [6, 6.07) is 5.51. The number of benzene rings is 1. The van der Waals surface area contributed by atoms with Crippen molar-refractivity contribution in [3.8, 4) is 5.75 Å². The highest BCUT2D eigenvalue weighted by atomic mass is 19.1. The predicted octanol–water partition coefficient (Wildman–Crippen LogP) is 7.19. The lowest BCUT2D eigenvalue weighted by Gasteiger charge is -2.42. The molecule has 5 heteroatoms. The Labute approximate surface area is 192 Å². The van der Waals surface area contributed by atoms with Gasteiger partial charge in [0.2, 0.25) is 0 Å². The third-order valence-corrected chi connectivity index (χ3v) is 8.08. The summed E-state index contributed by atoms with van der Waals surface area (Å²) in [5.74, 6) is 2.53. The molecule has 0 amide bonds. The lowest BCUT2D eigenvalue weighted by atomic mass is 9.68. The van der Waals surface area contributed by atoms with Crippen molar-refractivity contribution in [3.63, 3.8) is 0 Å². The molecule has 2 aliphatic carbocycles. The average molecular weight is 451 g/mol. The van der Waals surface area contributed by atoms with Crippen LogP contribution in [0, 0.1) is 23.6 Å². The van der Waals surface area contributed by atoms with E-state index in [9.17, 15) is 8.78 Å². The Morgan fingerprint density at radius 2 is 1.50 bits per heavy atom. The van der Waals surface area contributed by atoms with Gasteiger partial charge in [0.1, 0.15) is 0 Å². The molecule has 2 saturated carbocycles. The lowest BCUT2D eigenvalue weighted by Crippen LogP contribution is -2.47. The Morgan fingerprint density at radius 1 is 0.906 bits per heavy atom. The van der Waals surface area contributed by atoms with Gasteiger partial charge in [-0.2, -0.15) is 0 Å². The van der Waals surface area contributed by atoms with Gasteiger partial charge >= 0.3 is 0 Å². The quantitative estimate of drug-likeness (QED) is 0.440. The van der Waals surface area contributed by atoms with Gasteiger partial charge in [-0.05, 0) is 100 Å². The number of hydrogen-bond acceptors (Lipinski definition) is 3. The molecule has 0 atom stereocenters. The monoisotopic (exact) mass is 450 g/mol. The summed E-state index contributed by atoms with van der Waals surface area (Å²) in [6.45, 7) is 4.72. The van der Waals surface area contributed by atoms with Gasteiger partial charge < -0.3 is 14.2 Å². The number of rotatable bonds is 7. The summed E-state index contributed by atoms with van der Waals surface area (Å²) in [6.07, 6.45) is 10.5. The SMILES string of the molecule is CCCC1(F)COC(C2CCC(C3CCC(c4ccc(OCC)c(F)c4)CC3)CC2)OC1. The van der Waals surface area contributed by atoms with Crippen LogP contribution in [-0.4, -0.2) is 31.8 Å². The molecule has 0 spiro atoms. The summed E-state index contributed by atoms with van der Waals surface area (Å²) >= 11 is 0. The van der Waals surface area contributed by atoms with E-state index in [-0.39, 0.29) is 25.3 Å². The van der Waals surface area contributed by atoms with Gasteiger partial charge in [-0.25, -0.2) is 8.78 Å². The van der Waals surface area contributed by atoms with Gasteiger partial charge in [-0.15, -0.1) is 0 Å². The summed E-state index contributed by atoms with van der Waals surface area (Å²) in [4.78, 5) is 0. The summed E-state index contributed by atoms with van der Waals surface area (Å²) < 4.78 is 45.8. The second kappa shape index (κ2) is 10.8. The standard InChI is InChI=1S/C27H40F2O3/c1-3-15-27(29)17-31-26(32-18-27)22-11-9-20(10-12-22)19-5-7-21(8-6-19)23-13-14-25(30-4-2)24(28)16-23/h13-14,16,19-22,26H,3-12,15,17-18H2,1-2H3. The van der Waals surface area contributed by atoms with Crippen LogP contribution in [0.15, 0.2) is 18.2 Å². The van der Waals surface area contributed by atoms with Crippen LogP contribution in [0.1, 0.15) is 89.5 Å². The fraction of sp³-hybridized carbons (Fsp3) is 0.778. The van der Waals surface area contributed by atoms with Crippen molar-refractivity contribution in [1.29, 1.82) is 0 Å². The smallest absolute Gasteiger partial charge is 0.165 e. The molecule has 0 aromatic heterocycles. The van der Waals surface area contributed by atoms with Crippen molar-refractivity contribution < 1.29 is 23.0 Å². The van der Waals surface area contributed by atoms with Crippen molar-refractivity contribution in [3.05, 3.63) is 29.6 Å². The van der Waals surface area contributed by atoms with E-state index in [0.717, 1.165) is 49.5 Å². The Bertz CT molecular complexity index is 716. The first kappa shape index (κ1) is 23.9. The molecular weight excluding hydrogens is 410 g/mol. The van der Waals surface area contributed by atoms with Crippen molar-refractivity contribution in [2.24, 2.45) is 17.8 Å². The molecule has 1 heterocycles. The molecule has 0 N–H and O–H groups in total. The molecular formula is C27H40F2O3. The average Bonchev–Trinajstić information content (AvgIpc) is 2.81. The number of ether oxygens (including phenoxy) is 3. The number of halogens is 2. The van der Waals surface area contributed by atoms with Gasteiger partial charge in [0.15, 0.2) is 23.5 Å². The molecule has 3 aliphatic rings. The van der Waals surface area contributed by atoms with E-state index in [1.807, 2.05) is 19.9 Å². The largest absolute Gasteiger partial charge is 0.491 e. The third-order valence-electron chi connectivity index (χ3n) is 8.08. The fourth-order valence-corrected chi connectivity index (χ4v) is 6.27. The van der Waals surface area contributed by atoms with E-state index >= 15 is 0 Å². The van der Waals surface area contributed by atoms with Gasteiger partial charge in [0.25, 0.3) is 0 Å². The van der Waals surface area contributed by atoms with Crippen LogP contribution in [0.5, 0.6) is 5.75 Å². The van der Waals surface area contributed by atoms with Crippen LogP contribution in [0.3, 0.4) is 0 Å². The number of alkyl halides is 1. The van der Waals surface area contributed by atoms with Crippen molar-refractivity contribution in [2.75, 3.05) is 19.8 Å². The van der Waals surface area contributed by atoms with Gasteiger partial charge in [0, 0.05) is 5.92 Å². The zero-order valence-corrected chi connectivity index (χ0v) is 19.8. The fourth-order valence-electron chi connectivity index (χ4n) is 6.27. The molecule has 3 fully saturated rings. The van der Waals surface area contributed by atoms with Crippen LogP contribution in [0.4, 0.5) is 8.78 Å². The van der Waals surface area contributed by atoms with Crippen molar-refractivity contribution >= 4 is 0 Å². The van der Waals surface area contributed by atoms with Gasteiger partial charge in [-0.1, -0.05) is 19.4 Å². The Balaban J connectivity index is 1.21. The molecule has 0 radical (unpaired) electrons. The second-order valence-corrected chi connectivity index (χ2v) is 10.3. The second-order valence-electron chi connectivity index (χ2n) is 10.3. The van der Waals surface area contributed by atoms with E-state index in [2.05, 4.69) is 0 Å². The Kier molecular flexibility index (Phi) is 8.09. The summed E-state index contributed by atoms with van der Waals surface area (Å²) in [5.41, 5.74) is -0.181. The highest BCUT2D eigenvalue weighted by Gasteiger charge is 2.40. The predicted molar refractivity (Wildman–Crippen MR) is 122 cm³/mol. The van der Waals surface area contributed by atoms with E-state index in [0.29, 0.717) is 30.6 Å². The highest BCUT2D eigenvalue weighted by molar-refractivity contribution is 5.31. The van der Waals surface area contributed by atoms with Crippen LogP contribution in [-0.2, 0) is 9.47 Å². The molecule has 1 aliphatic heterocycles. The van der Waals surface area contributed by atoms with Crippen LogP contribution in [0.2, 0.25) is 0 Å². The first-order valence-corrected chi connectivity index (χ1v) is 12.9. The number of hydrogen-bond donors (Lipinski definition) is 0. The maximum atomic E-state index is 14.6. The summed E-state index contributed by atoms with van der Waals surface area (Å²) in [7, 11) is 0. The van der Waals surface area contributed by atoms with Crippen LogP contribution < -0.4 is 4.74 Å². The molecule has 1 aromatic carbocycles. The van der Waals surface area contributed by atoms with Crippen molar-refractivity contribution in [2.45, 2.75) is 95.9 Å². The maximum Gasteiger partial charge on any atom is 0.165 e. The van der Waals surface area contributed by atoms with Gasteiger partial charge in [-0.3, -0.25) is 0 Å². The first-order chi connectivity index (χ1) is 15.5. The lowest BCUT2D eigenvalue weighted by molar-refractivity contribution is -0.258. The normalized spacial score (nSPS) is 36.1. The topological polar surface area (TPSA) is 27.7 Å². The van der Waals surface area contributed by atoms with E-state index in [1.165, 1.54) is 25.7 Å². The minimum Gasteiger partial charge on any atom is -0.491 e. The zero-order valence-electron chi connectivity index (χ0n) is 19.8. The Hall–Kier alpha value is -1.20. The summed E-state index contributed by atoms with van der Waals surface area (Å²) in [5, 5.41) is 0. The van der Waals surface area contributed by atoms with Crippen LogP contribution in [0.25, 0.3) is 0 Å². The Morgan fingerprint density at radius 3 is 2.06 bits per heavy atom. The molecule has 32 heavy (non-hydrogen) atoms. The van der Waals surface area contributed by atoms with E-state index in [4.69, 9.17) is 14.2 Å². The molecule has 0 unspecified atom stereocenters. The molecule has 4 rings (SSSR count). The molecule has 180 valence electrons.